The van der Waals surface area contributed by atoms with Crippen molar-refractivity contribution >= 4 is 11.9 Å². The highest BCUT2D eigenvalue weighted by molar-refractivity contribution is 5.92. The highest BCUT2D eigenvalue weighted by atomic mass is 16.2. The van der Waals surface area contributed by atoms with Gasteiger partial charge in [0.1, 0.15) is 0 Å². The van der Waals surface area contributed by atoms with Crippen LogP contribution in [0.3, 0.4) is 0 Å². The van der Waals surface area contributed by atoms with Gasteiger partial charge in [0, 0.05) is 26.2 Å². The van der Waals surface area contributed by atoms with Gasteiger partial charge in [0.25, 0.3) is 0 Å². The third-order valence-corrected chi connectivity index (χ3v) is 2.80. The average molecular weight is 236 g/mol. The van der Waals surface area contributed by atoms with E-state index in [1.807, 2.05) is 6.92 Å². The van der Waals surface area contributed by atoms with E-state index in [4.69, 9.17) is 0 Å². The molecule has 0 spiro atoms. The Hall–Kier alpha value is -1.60. The van der Waals surface area contributed by atoms with Gasteiger partial charge in [-0.15, -0.1) is 5.10 Å². The van der Waals surface area contributed by atoms with Crippen molar-refractivity contribution in [2.24, 2.45) is 0 Å². The van der Waals surface area contributed by atoms with Gasteiger partial charge >= 0.3 is 0 Å². The lowest BCUT2D eigenvalue weighted by Crippen LogP contribution is -2.51. The maximum Gasteiger partial charge on any atom is 0.249 e. The second kappa shape index (κ2) is 5.65. The zero-order valence-corrected chi connectivity index (χ0v) is 9.76. The fourth-order valence-corrected chi connectivity index (χ4v) is 1.75. The molecule has 1 aliphatic rings. The van der Waals surface area contributed by atoms with Crippen LogP contribution in [0.1, 0.15) is 6.92 Å². The monoisotopic (exact) mass is 236 g/mol. The fourth-order valence-electron chi connectivity index (χ4n) is 1.75. The standard InChI is InChI=1S/C10H16N6O/c1-8(16-6-4-11-5-7-16)9(17)14-10-12-2-3-13-15-10/h2-3,8,11H,4-7H2,1H3,(H,12,14,15,17). The minimum absolute atomic E-state index is 0.0973. The largest absolute Gasteiger partial charge is 0.314 e. The van der Waals surface area contributed by atoms with Crippen molar-refractivity contribution in [1.29, 1.82) is 0 Å². The van der Waals surface area contributed by atoms with Crippen LogP contribution in [-0.2, 0) is 4.79 Å². The molecule has 1 amide bonds. The highest BCUT2D eigenvalue weighted by Crippen LogP contribution is 2.03. The topological polar surface area (TPSA) is 83.0 Å². The van der Waals surface area contributed by atoms with Crippen molar-refractivity contribution in [2.45, 2.75) is 13.0 Å². The van der Waals surface area contributed by atoms with E-state index < -0.39 is 0 Å². The molecule has 1 saturated heterocycles. The summed E-state index contributed by atoms with van der Waals surface area (Å²) in [6, 6.07) is -0.180. The van der Waals surface area contributed by atoms with Gasteiger partial charge in [-0.25, -0.2) is 4.98 Å². The SMILES string of the molecule is CC(C(=O)Nc1nccnn1)N1CCNCC1. The van der Waals surface area contributed by atoms with Crippen LogP contribution in [0.5, 0.6) is 0 Å². The van der Waals surface area contributed by atoms with Crippen molar-refractivity contribution in [3.63, 3.8) is 0 Å². The van der Waals surface area contributed by atoms with E-state index >= 15 is 0 Å². The normalized spacial score (nSPS) is 18.6. The van der Waals surface area contributed by atoms with Crippen molar-refractivity contribution in [1.82, 2.24) is 25.4 Å². The van der Waals surface area contributed by atoms with Gasteiger partial charge in [-0.1, -0.05) is 0 Å². The minimum atomic E-state index is -0.180. The Morgan fingerprint density at radius 3 is 2.88 bits per heavy atom. The molecule has 1 fully saturated rings. The molecule has 17 heavy (non-hydrogen) atoms. The van der Waals surface area contributed by atoms with Crippen LogP contribution in [0.2, 0.25) is 0 Å². The Morgan fingerprint density at radius 1 is 1.47 bits per heavy atom. The summed E-state index contributed by atoms with van der Waals surface area (Å²) in [5.41, 5.74) is 0. The van der Waals surface area contributed by atoms with Crippen LogP contribution in [0.25, 0.3) is 0 Å². The van der Waals surface area contributed by atoms with E-state index in [1.54, 1.807) is 0 Å². The van der Waals surface area contributed by atoms with Crippen molar-refractivity contribution < 1.29 is 4.79 Å². The van der Waals surface area contributed by atoms with Gasteiger partial charge in [0.05, 0.1) is 18.4 Å². The van der Waals surface area contributed by atoms with Crippen LogP contribution < -0.4 is 10.6 Å². The molecule has 0 radical (unpaired) electrons. The molecular formula is C10H16N6O. The van der Waals surface area contributed by atoms with Crippen molar-refractivity contribution in [3.8, 4) is 0 Å². The molecule has 2 N–H and O–H groups in total. The summed E-state index contributed by atoms with van der Waals surface area (Å²) in [4.78, 5) is 18.0. The van der Waals surface area contributed by atoms with Gasteiger partial charge in [0.2, 0.25) is 11.9 Å². The number of nitrogens with zero attached hydrogens (tertiary/aromatic N) is 4. The summed E-state index contributed by atoms with van der Waals surface area (Å²) in [6.07, 6.45) is 2.97. The van der Waals surface area contributed by atoms with Gasteiger partial charge < -0.3 is 5.32 Å². The average Bonchev–Trinajstić information content (AvgIpc) is 2.40. The van der Waals surface area contributed by atoms with Crippen LogP contribution in [0, 0.1) is 0 Å². The number of amides is 1. The van der Waals surface area contributed by atoms with Crippen LogP contribution in [-0.4, -0.2) is 58.2 Å². The smallest absolute Gasteiger partial charge is 0.249 e. The number of piperazine rings is 1. The predicted molar refractivity (Wildman–Crippen MR) is 62.4 cm³/mol. The first-order valence-corrected chi connectivity index (χ1v) is 5.66. The van der Waals surface area contributed by atoms with Crippen molar-refractivity contribution in [3.05, 3.63) is 12.4 Å². The van der Waals surface area contributed by atoms with E-state index in [0.717, 1.165) is 26.2 Å². The second-order valence-electron chi connectivity index (χ2n) is 3.92. The third kappa shape index (κ3) is 3.18. The quantitative estimate of drug-likeness (QED) is 0.708. The van der Waals surface area contributed by atoms with E-state index in [9.17, 15) is 4.79 Å². The molecule has 1 aromatic heterocycles. The lowest BCUT2D eigenvalue weighted by molar-refractivity contribution is -0.121. The van der Waals surface area contributed by atoms with Gasteiger partial charge in [0.15, 0.2) is 0 Å². The van der Waals surface area contributed by atoms with Crippen LogP contribution in [0.4, 0.5) is 5.95 Å². The number of hydrogen-bond acceptors (Lipinski definition) is 6. The molecule has 7 nitrogen and oxygen atoms in total. The van der Waals surface area contributed by atoms with E-state index in [-0.39, 0.29) is 17.9 Å². The molecule has 2 heterocycles. The molecule has 0 saturated carbocycles. The van der Waals surface area contributed by atoms with E-state index in [0.29, 0.717) is 0 Å². The zero-order valence-electron chi connectivity index (χ0n) is 9.76. The molecule has 7 heteroatoms. The molecule has 1 unspecified atom stereocenters. The van der Waals surface area contributed by atoms with E-state index in [2.05, 4.69) is 30.7 Å². The number of anilines is 1. The Balaban J connectivity index is 1.90. The highest BCUT2D eigenvalue weighted by Gasteiger charge is 2.23. The summed E-state index contributed by atoms with van der Waals surface area (Å²) < 4.78 is 0. The molecule has 1 aliphatic heterocycles. The van der Waals surface area contributed by atoms with Gasteiger partial charge in [-0.05, 0) is 6.92 Å². The van der Waals surface area contributed by atoms with Crippen LogP contribution >= 0.6 is 0 Å². The number of carbonyl (C=O) groups is 1. The Morgan fingerprint density at radius 2 is 2.24 bits per heavy atom. The molecule has 2 rings (SSSR count). The number of carbonyl (C=O) groups excluding carboxylic acids is 1. The predicted octanol–water partition coefficient (Wildman–Crippen LogP) is -0.896. The molecular weight excluding hydrogens is 220 g/mol. The molecule has 0 bridgehead atoms. The maximum atomic E-state index is 11.9. The summed E-state index contributed by atoms with van der Waals surface area (Å²) >= 11 is 0. The Labute approximate surface area is 99.6 Å². The fraction of sp³-hybridized carbons (Fsp3) is 0.600. The number of rotatable bonds is 3. The molecule has 92 valence electrons. The number of nitrogens with one attached hydrogen (secondary N) is 2. The second-order valence-corrected chi connectivity index (χ2v) is 3.92. The summed E-state index contributed by atoms with van der Waals surface area (Å²) in [5.74, 6) is 0.152. The number of aromatic nitrogens is 3. The summed E-state index contributed by atoms with van der Waals surface area (Å²) in [5, 5.41) is 13.3. The lowest BCUT2D eigenvalue weighted by Gasteiger charge is -2.31. The lowest BCUT2D eigenvalue weighted by atomic mass is 10.2. The maximum absolute atomic E-state index is 11.9. The van der Waals surface area contributed by atoms with Gasteiger partial charge in [-0.2, -0.15) is 5.10 Å². The van der Waals surface area contributed by atoms with Gasteiger partial charge in [-0.3, -0.25) is 15.0 Å². The first-order chi connectivity index (χ1) is 8.27. The summed E-state index contributed by atoms with van der Waals surface area (Å²) in [7, 11) is 0. The molecule has 0 aromatic carbocycles. The van der Waals surface area contributed by atoms with Crippen LogP contribution in [0.15, 0.2) is 12.4 Å². The Bertz CT molecular complexity index is 364. The zero-order chi connectivity index (χ0) is 12.1. The molecule has 1 aromatic rings. The minimum Gasteiger partial charge on any atom is -0.314 e. The third-order valence-electron chi connectivity index (χ3n) is 2.80. The molecule has 1 atom stereocenters. The number of hydrogen-bond donors (Lipinski definition) is 2. The first kappa shape index (κ1) is 11.9. The Kier molecular flexibility index (Phi) is 3.94. The van der Waals surface area contributed by atoms with E-state index in [1.165, 1.54) is 12.4 Å². The first-order valence-electron chi connectivity index (χ1n) is 5.66. The van der Waals surface area contributed by atoms with Crippen molar-refractivity contribution in [2.75, 3.05) is 31.5 Å². The molecule has 0 aliphatic carbocycles. The summed E-state index contributed by atoms with van der Waals surface area (Å²) in [6.45, 7) is 5.48.